The first kappa shape index (κ1) is 32.2. The molecule has 0 N–H and O–H groups in total. The molecular weight excluding hydrogens is 614 g/mol. The molecule has 1 atom stereocenters. The van der Waals surface area contributed by atoms with Gasteiger partial charge in [0.2, 0.25) is 0 Å². The van der Waals surface area contributed by atoms with Gasteiger partial charge in [0, 0.05) is 29.7 Å². The van der Waals surface area contributed by atoms with Crippen molar-refractivity contribution in [2.24, 2.45) is 7.05 Å². The smallest absolute Gasteiger partial charge is 0.485 e. The van der Waals surface area contributed by atoms with E-state index in [1.165, 1.54) is 43.5 Å². The highest BCUT2D eigenvalue weighted by Gasteiger charge is 2.54. The van der Waals surface area contributed by atoms with E-state index in [-0.39, 0.29) is 5.66 Å². The van der Waals surface area contributed by atoms with E-state index in [0.29, 0.717) is 0 Å². The van der Waals surface area contributed by atoms with Crippen molar-refractivity contribution < 1.29 is 26.1 Å². The Morgan fingerprint density at radius 2 is 1.13 bits per heavy atom. The predicted molar refractivity (Wildman–Crippen MR) is 177 cm³/mol. The van der Waals surface area contributed by atoms with Gasteiger partial charge in [0.25, 0.3) is 0 Å². The molecule has 4 nitrogen and oxygen atoms in total. The Morgan fingerprint density at radius 3 is 1.58 bits per heavy atom. The highest BCUT2D eigenvalue weighted by Crippen LogP contribution is 2.69. The Bertz CT molecular complexity index is 1900. The topological polar surface area (TPSA) is 62.1 Å². The third-order valence-corrected chi connectivity index (χ3v) is 13.0. The summed E-state index contributed by atoms with van der Waals surface area (Å²) in [6.45, 7) is 2.21. The van der Waals surface area contributed by atoms with E-state index in [9.17, 15) is 13.2 Å². The number of alkyl halides is 3. The number of halogens is 3. The molecule has 0 aliphatic heterocycles. The van der Waals surface area contributed by atoms with Crippen molar-refractivity contribution in [2.45, 2.75) is 18.1 Å². The fraction of sp³-hybridized carbons (Fsp3) is 0.111. The van der Waals surface area contributed by atoms with Crippen LogP contribution in [0.5, 0.6) is 0 Å². The van der Waals surface area contributed by atoms with E-state index in [2.05, 4.69) is 164 Å². The molecule has 1 unspecified atom stereocenters. The number of fused-ring (bicyclic) bond motifs is 1. The van der Waals surface area contributed by atoms with Crippen molar-refractivity contribution in [3.8, 4) is 0 Å². The average molecular weight is 646 g/mol. The van der Waals surface area contributed by atoms with Gasteiger partial charge in [0.15, 0.2) is 10.1 Å². The van der Waals surface area contributed by atoms with Gasteiger partial charge in [0.1, 0.15) is 28.8 Å². The van der Waals surface area contributed by atoms with Crippen LogP contribution in [0.2, 0.25) is 0 Å². The fourth-order valence-electron chi connectivity index (χ4n) is 5.93. The lowest BCUT2D eigenvalue weighted by Crippen LogP contribution is -2.35. The molecular formula is C36H31F3NO3PS. The second-order valence-corrected chi connectivity index (χ2v) is 15.5. The molecule has 230 valence electrons. The van der Waals surface area contributed by atoms with Crippen LogP contribution in [0.4, 0.5) is 13.2 Å². The molecule has 6 rings (SSSR count). The monoisotopic (exact) mass is 645 g/mol. The summed E-state index contributed by atoms with van der Waals surface area (Å²) in [5.41, 5.74) is -0.203. The van der Waals surface area contributed by atoms with Crippen LogP contribution in [-0.4, -0.2) is 23.0 Å². The van der Waals surface area contributed by atoms with Crippen molar-refractivity contribution in [1.29, 1.82) is 0 Å². The van der Waals surface area contributed by atoms with Gasteiger partial charge in [-0.05, 0) is 55.0 Å². The quantitative estimate of drug-likeness (QED) is 0.106. The molecule has 1 aromatic heterocycles. The van der Waals surface area contributed by atoms with Crippen LogP contribution in [0.15, 0.2) is 146 Å². The molecule has 0 aliphatic carbocycles. The predicted octanol–water partition coefficient (Wildman–Crippen LogP) is 7.62. The number of aryl methyl sites for hydroxylation is 2. The van der Waals surface area contributed by atoms with Crippen LogP contribution in [-0.2, 0) is 17.2 Å². The average Bonchev–Trinajstić information content (AvgIpc) is 3.36. The lowest BCUT2D eigenvalue weighted by Gasteiger charge is -2.35. The first-order valence-electron chi connectivity index (χ1n) is 14.1. The molecule has 0 fully saturated rings. The number of hydrogen-bond acceptors (Lipinski definition) is 3. The van der Waals surface area contributed by atoms with Crippen molar-refractivity contribution in [3.05, 3.63) is 162 Å². The van der Waals surface area contributed by atoms with E-state index in [0.717, 1.165) is 0 Å². The van der Waals surface area contributed by atoms with Crippen LogP contribution in [0, 0.1) is 6.92 Å². The summed E-state index contributed by atoms with van der Waals surface area (Å²) in [4.78, 5) is 0. The minimum Gasteiger partial charge on any atom is -0.741 e. The van der Waals surface area contributed by atoms with Gasteiger partial charge < -0.3 is 9.12 Å². The molecule has 0 bridgehead atoms. The Balaban J connectivity index is 0.000000444. The number of aromatic nitrogens is 1. The summed E-state index contributed by atoms with van der Waals surface area (Å²) in [6, 6.07) is 51.7. The van der Waals surface area contributed by atoms with E-state index in [1.54, 1.807) is 0 Å². The normalized spacial score (nSPS) is 12.8. The van der Waals surface area contributed by atoms with Gasteiger partial charge in [-0.25, -0.2) is 8.42 Å². The Kier molecular flexibility index (Phi) is 9.31. The van der Waals surface area contributed by atoms with E-state index >= 15 is 0 Å². The second kappa shape index (κ2) is 13.0. The third kappa shape index (κ3) is 6.45. The largest absolute Gasteiger partial charge is 0.741 e. The summed E-state index contributed by atoms with van der Waals surface area (Å²) in [5.74, 6) is 0. The Morgan fingerprint density at radius 1 is 0.689 bits per heavy atom. The van der Waals surface area contributed by atoms with Crippen LogP contribution < -0.4 is 15.9 Å². The molecule has 6 aromatic rings. The fourth-order valence-corrected chi connectivity index (χ4v) is 10.9. The Hall–Kier alpha value is -4.23. The van der Waals surface area contributed by atoms with Crippen LogP contribution >= 0.6 is 7.26 Å². The second-order valence-electron chi connectivity index (χ2n) is 10.7. The minimum absolute atomic E-state index is 0.144. The first-order valence-corrected chi connectivity index (χ1v) is 17.4. The number of rotatable bonds is 6. The summed E-state index contributed by atoms with van der Waals surface area (Å²) in [6.07, 6.45) is 2.38. The molecule has 1 heterocycles. The molecule has 0 aliphatic rings. The Labute approximate surface area is 261 Å². The number of hydrogen-bond donors (Lipinski definition) is 0. The maximum atomic E-state index is 10.7. The van der Waals surface area contributed by atoms with Crippen LogP contribution in [0.1, 0.15) is 22.3 Å². The lowest BCUT2D eigenvalue weighted by atomic mass is 10.0. The number of nitrogens with zero attached hydrogens (tertiary/aromatic N) is 1. The standard InChI is InChI=1S/C35H31NP.CHF3O3S/c1-27-15-14-16-28(25-27)35(33-26-36(2)34-24-13-12-23-32(33)34)37(29-17-6-3-7-18-29,30-19-8-4-9-20-30)31-21-10-5-11-22-31;2-1(3,4)8(5,6)7/h3-26,35H,1-2H3;(H,5,6,7)/q+1;/p-1. The zero-order chi connectivity index (χ0) is 32.2. The molecule has 9 heteroatoms. The van der Waals surface area contributed by atoms with E-state index in [4.69, 9.17) is 13.0 Å². The highest BCUT2D eigenvalue weighted by molar-refractivity contribution is 7.96. The molecule has 0 radical (unpaired) electrons. The molecule has 0 amide bonds. The van der Waals surface area contributed by atoms with Gasteiger partial charge in [-0.2, -0.15) is 13.2 Å². The molecule has 0 saturated heterocycles. The molecule has 45 heavy (non-hydrogen) atoms. The van der Waals surface area contributed by atoms with Gasteiger partial charge >= 0.3 is 5.51 Å². The molecule has 0 saturated carbocycles. The highest BCUT2D eigenvalue weighted by atomic mass is 32.2. The van der Waals surface area contributed by atoms with Crippen molar-refractivity contribution in [2.75, 3.05) is 0 Å². The maximum Gasteiger partial charge on any atom is 0.485 e. The summed E-state index contributed by atoms with van der Waals surface area (Å²) in [5, 5.41) is 5.51. The number of para-hydroxylation sites is 1. The zero-order valence-electron chi connectivity index (χ0n) is 24.6. The SMILES string of the molecule is Cc1cccc(C(c2cn(C)c3ccccc23)[P+](c2ccccc2)(c2ccccc2)c2ccccc2)c1.O=S(=O)([O-])C(F)(F)F. The number of benzene rings is 5. The zero-order valence-corrected chi connectivity index (χ0v) is 26.3. The van der Waals surface area contributed by atoms with Gasteiger partial charge in [0.05, 0.1) is 0 Å². The summed E-state index contributed by atoms with van der Waals surface area (Å²) in [7, 11) is -6.15. The lowest BCUT2D eigenvalue weighted by molar-refractivity contribution is -0.0517. The third-order valence-electron chi connectivity index (χ3n) is 7.74. The molecule has 0 spiro atoms. The van der Waals surface area contributed by atoms with Crippen molar-refractivity contribution in [1.82, 2.24) is 4.57 Å². The van der Waals surface area contributed by atoms with Crippen LogP contribution in [0.25, 0.3) is 10.9 Å². The van der Waals surface area contributed by atoms with E-state index in [1.807, 2.05) is 0 Å². The van der Waals surface area contributed by atoms with Crippen LogP contribution in [0.3, 0.4) is 0 Å². The molecule has 5 aromatic carbocycles. The van der Waals surface area contributed by atoms with Gasteiger partial charge in [-0.3, -0.25) is 0 Å². The van der Waals surface area contributed by atoms with Crippen molar-refractivity contribution >= 4 is 44.2 Å². The van der Waals surface area contributed by atoms with E-state index < -0.39 is 22.9 Å². The first-order chi connectivity index (χ1) is 21.4. The maximum absolute atomic E-state index is 10.7. The summed E-state index contributed by atoms with van der Waals surface area (Å²) >= 11 is 0. The van der Waals surface area contributed by atoms with Crippen molar-refractivity contribution in [3.63, 3.8) is 0 Å². The summed E-state index contributed by atoms with van der Waals surface area (Å²) < 4.78 is 61.2. The van der Waals surface area contributed by atoms with Gasteiger partial charge in [-0.15, -0.1) is 0 Å². The minimum atomic E-state index is -6.09. The van der Waals surface area contributed by atoms with Gasteiger partial charge in [-0.1, -0.05) is 103 Å².